The van der Waals surface area contributed by atoms with E-state index in [0.717, 1.165) is 22.1 Å². The van der Waals surface area contributed by atoms with Gasteiger partial charge in [-0.05, 0) is 47.2 Å². The Hall–Kier alpha value is -3.23. The summed E-state index contributed by atoms with van der Waals surface area (Å²) in [5.41, 5.74) is 1.56. The van der Waals surface area contributed by atoms with Gasteiger partial charge in [-0.1, -0.05) is 30.3 Å². The maximum Gasteiger partial charge on any atom is 0.241 e. The minimum absolute atomic E-state index is 0.120. The van der Waals surface area contributed by atoms with E-state index >= 15 is 0 Å². The SMILES string of the molecule is COc1ccc(-c2csc(NC(=O)CS(=O)(=O)c3ccc4ccccc4c3)n2)cc1. The lowest BCUT2D eigenvalue weighted by Crippen LogP contribution is -2.23. The van der Waals surface area contributed by atoms with Crippen molar-refractivity contribution in [3.63, 3.8) is 0 Å². The monoisotopic (exact) mass is 438 g/mol. The minimum Gasteiger partial charge on any atom is -0.497 e. The Morgan fingerprint density at radius 3 is 2.50 bits per heavy atom. The van der Waals surface area contributed by atoms with Crippen LogP contribution in [0.25, 0.3) is 22.0 Å². The van der Waals surface area contributed by atoms with Gasteiger partial charge in [0.05, 0.1) is 17.7 Å². The number of anilines is 1. The molecule has 30 heavy (non-hydrogen) atoms. The molecule has 1 amide bonds. The van der Waals surface area contributed by atoms with E-state index in [9.17, 15) is 13.2 Å². The molecule has 0 unspecified atom stereocenters. The van der Waals surface area contributed by atoms with Gasteiger partial charge in [-0.3, -0.25) is 4.79 Å². The molecule has 1 heterocycles. The molecule has 8 heteroatoms. The molecule has 0 fully saturated rings. The summed E-state index contributed by atoms with van der Waals surface area (Å²) < 4.78 is 30.5. The molecule has 0 aliphatic heterocycles. The number of amides is 1. The van der Waals surface area contributed by atoms with Crippen molar-refractivity contribution in [2.75, 3.05) is 18.2 Å². The number of nitrogens with one attached hydrogen (secondary N) is 1. The van der Waals surface area contributed by atoms with Gasteiger partial charge in [-0.25, -0.2) is 13.4 Å². The fraction of sp³-hybridized carbons (Fsp3) is 0.0909. The Kier molecular flexibility index (Phi) is 5.52. The van der Waals surface area contributed by atoms with Gasteiger partial charge in [0, 0.05) is 10.9 Å². The predicted octanol–water partition coefficient (Wildman–Crippen LogP) is 4.38. The van der Waals surface area contributed by atoms with Crippen molar-refractivity contribution >= 4 is 43.0 Å². The van der Waals surface area contributed by atoms with E-state index in [0.29, 0.717) is 10.8 Å². The largest absolute Gasteiger partial charge is 0.497 e. The van der Waals surface area contributed by atoms with E-state index in [1.54, 1.807) is 24.6 Å². The summed E-state index contributed by atoms with van der Waals surface area (Å²) in [4.78, 5) is 16.8. The Bertz CT molecular complexity index is 1310. The highest BCUT2D eigenvalue weighted by Crippen LogP contribution is 2.27. The number of thiazole rings is 1. The van der Waals surface area contributed by atoms with E-state index < -0.39 is 21.5 Å². The van der Waals surface area contributed by atoms with Gasteiger partial charge in [0.15, 0.2) is 15.0 Å². The summed E-state index contributed by atoms with van der Waals surface area (Å²) in [7, 11) is -2.18. The maximum atomic E-state index is 12.7. The Balaban J connectivity index is 1.46. The number of hydrogen-bond donors (Lipinski definition) is 1. The van der Waals surface area contributed by atoms with Gasteiger partial charge in [0.2, 0.25) is 5.91 Å². The first kappa shape index (κ1) is 20.1. The van der Waals surface area contributed by atoms with E-state index in [1.807, 2.05) is 48.5 Å². The number of fused-ring (bicyclic) bond motifs is 1. The van der Waals surface area contributed by atoms with E-state index in [4.69, 9.17) is 4.74 Å². The zero-order chi connectivity index (χ0) is 21.1. The third kappa shape index (κ3) is 4.34. The van der Waals surface area contributed by atoms with Crippen LogP contribution in [0.4, 0.5) is 5.13 Å². The van der Waals surface area contributed by atoms with Crippen LogP contribution in [-0.4, -0.2) is 32.2 Å². The third-order valence-corrected chi connectivity index (χ3v) is 6.91. The Labute approximate surface area is 178 Å². The number of ether oxygens (including phenoxy) is 1. The van der Waals surface area contributed by atoms with Crippen LogP contribution < -0.4 is 10.1 Å². The second-order valence-corrected chi connectivity index (χ2v) is 9.43. The molecule has 4 rings (SSSR count). The number of methoxy groups -OCH3 is 1. The molecule has 0 saturated heterocycles. The van der Waals surface area contributed by atoms with Crippen molar-refractivity contribution in [2.45, 2.75) is 4.90 Å². The van der Waals surface area contributed by atoms with Crippen LogP contribution in [0.1, 0.15) is 0 Å². The molecule has 152 valence electrons. The average molecular weight is 439 g/mol. The average Bonchev–Trinajstić information content (AvgIpc) is 3.21. The normalized spacial score (nSPS) is 11.4. The topological polar surface area (TPSA) is 85.4 Å². The number of hydrogen-bond acceptors (Lipinski definition) is 6. The van der Waals surface area contributed by atoms with Gasteiger partial charge < -0.3 is 10.1 Å². The lowest BCUT2D eigenvalue weighted by Gasteiger charge is -2.06. The number of rotatable bonds is 6. The quantitative estimate of drug-likeness (QED) is 0.483. The molecule has 0 aliphatic rings. The first-order valence-electron chi connectivity index (χ1n) is 9.06. The predicted molar refractivity (Wildman–Crippen MR) is 119 cm³/mol. The minimum atomic E-state index is -3.77. The highest BCUT2D eigenvalue weighted by atomic mass is 32.2. The van der Waals surface area contributed by atoms with Gasteiger partial charge in [0.1, 0.15) is 11.5 Å². The molecule has 0 spiro atoms. The fourth-order valence-electron chi connectivity index (χ4n) is 3.00. The molecule has 4 aromatic rings. The molecule has 6 nitrogen and oxygen atoms in total. The third-order valence-electron chi connectivity index (χ3n) is 4.54. The van der Waals surface area contributed by atoms with Crippen LogP contribution in [0, 0.1) is 0 Å². The summed E-state index contributed by atoms with van der Waals surface area (Å²) in [5, 5.41) is 6.48. The standard InChI is InChI=1S/C22H18N2O4S2/c1-28-18-9-6-16(7-10-18)20-13-29-22(23-20)24-21(25)14-30(26,27)19-11-8-15-4-2-3-5-17(15)12-19/h2-13H,14H2,1H3,(H,23,24,25). The van der Waals surface area contributed by atoms with Gasteiger partial charge in [-0.2, -0.15) is 0 Å². The van der Waals surface area contributed by atoms with E-state index in [1.165, 1.54) is 17.4 Å². The van der Waals surface area contributed by atoms with Crippen molar-refractivity contribution in [1.29, 1.82) is 0 Å². The molecule has 1 aromatic heterocycles. The number of carbonyl (C=O) groups excluding carboxylic acids is 1. The fourth-order valence-corrected chi connectivity index (χ4v) is 4.90. The van der Waals surface area contributed by atoms with E-state index in [2.05, 4.69) is 10.3 Å². The lowest BCUT2D eigenvalue weighted by molar-refractivity contribution is -0.113. The molecule has 0 atom stereocenters. The molecule has 0 saturated carbocycles. The summed E-state index contributed by atoms with van der Waals surface area (Å²) in [6.07, 6.45) is 0. The molecule has 0 bridgehead atoms. The zero-order valence-corrected chi connectivity index (χ0v) is 17.7. The van der Waals surface area contributed by atoms with Crippen LogP contribution in [0.5, 0.6) is 5.75 Å². The van der Waals surface area contributed by atoms with Crippen molar-refractivity contribution in [2.24, 2.45) is 0 Å². The molecule has 0 radical (unpaired) electrons. The number of benzene rings is 3. The van der Waals surface area contributed by atoms with Crippen molar-refractivity contribution in [1.82, 2.24) is 4.98 Å². The summed E-state index contributed by atoms with van der Waals surface area (Å²) in [5.74, 6) is -0.539. The second-order valence-electron chi connectivity index (χ2n) is 6.58. The highest BCUT2D eigenvalue weighted by Gasteiger charge is 2.20. The molecular weight excluding hydrogens is 420 g/mol. The Morgan fingerprint density at radius 1 is 1.03 bits per heavy atom. The summed E-state index contributed by atoms with van der Waals surface area (Å²) in [6, 6.07) is 19.7. The van der Waals surface area contributed by atoms with Crippen molar-refractivity contribution < 1.29 is 17.9 Å². The molecule has 0 aliphatic carbocycles. The van der Waals surface area contributed by atoms with Crippen LogP contribution >= 0.6 is 11.3 Å². The van der Waals surface area contributed by atoms with Crippen LogP contribution in [0.2, 0.25) is 0 Å². The number of aromatic nitrogens is 1. The highest BCUT2D eigenvalue weighted by molar-refractivity contribution is 7.92. The van der Waals surface area contributed by atoms with Gasteiger partial charge in [0.25, 0.3) is 0 Å². The summed E-state index contributed by atoms with van der Waals surface area (Å²) in [6.45, 7) is 0. The molecular formula is C22H18N2O4S2. The van der Waals surface area contributed by atoms with Gasteiger partial charge in [-0.15, -0.1) is 11.3 Å². The van der Waals surface area contributed by atoms with Crippen LogP contribution in [-0.2, 0) is 14.6 Å². The zero-order valence-electron chi connectivity index (χ0n) is 16.0. The smallest absolute Gasteiger partial charge is 0.241 e. The second kappa shape index (κ2) is 8.25. The van der Waals surface area contributed by atoms with Crippen molar-refractivity contribution in [3.8, 4) is 17.0 Å². The van der Waals surface area contributed by atoms with Crippen molar-refractivity contribution in [3.05, 3.63) is 72.1 Å². The maximum absolute atomic E-state index is 12.7. The number of carbonyl (C=O) groups is 1. The first-order chi connectivity index (χ1) is 14.4. The van der Waals surface area contributed by atoms with Crippen LogP contribution in [0.3, 0.4) is 0 Å². The Morgan fingerprint density at radius 2 is 1.77 bits per heavy atom. The van der Waals surface area contributed by atoms with Crippen LogP contribution in [0.15, 0.2) is 77.0 Å². The number of sulfone groups is 1. The number of nitrogens with zero attached hydrogens (tertiary/aromatic N) is 1. The summed E-state index contributed by atoms with van der Waals surface area (Å²) >= 11 is 1.24. The molecule has 3 aromatic carbocycles. The molecule has 1 N–H and O–H groups in total. The van der Waals surface area contributed by atoms with E-state index in [-0.39, 0.29) is 4.90 Å². The lowest BCUT2D eigenvalue weighted by atomic mass is 10.1. The van der Waals surface area contributed by atoms with Gasteiger partial charge >= 0.3 is 0 Å². The first-order valence-corrected chi connectivity index (χ1v) is 11.6.